The van der Waals surface area contributed by atoms with Crippen molar-refractivity contribution >= 4 is 37.7 Å². The van der Waals surface area contributed by atoms with Gasteiger partial charge in [0, 0.05) is 11.1 Å². The highest BCUT2D eigenvalue weighted by atomic mass is 79.9. The third-order valence-corrected chi connectivity index (χ3v) is 4.12. The SMILES string of the molecule is CCc1nc2snc(Br)c2c(C)c1C. The van der Waals surface area contributed by atoms with Crippen LogP contribution in [0, 0.1) is 13.8 Å². The van der Waals surface area contributed by atoms with Crippen molar-refractivity contribution in [3.8, 4) is 0 Å². The summed E-state index contributed by atoms with van der Waals surface area (Å²) in [6.07, 6.45) is 0.984. The average molecular weight is 271 g/mol. The van der Waals surface area contributed by atoms with Crippen LogP contribution in [0.2, 0.25) is 0 Å². The van der Waals surface area contributed by atoms with E-state index in [1.54, 1.807) is 0 Å². The van der Waals surface area contributed by atoms with Crippen molar-refractivity contribution in [3.05, 3.63) is 21.4 Å². The van der Waals surface area contributed by atoms with Gasteiger partial charge >= 0.3 is 0 Å². The van der Waals surface area contributed by atoms with Crippen LogP contribution in [0.3, 0.4) is 0 Å². The van der Waals surface area contributed by atoms with Gasteiger partial charge in [-0.1, -0.05) is 6.92 Å². The molecule has 0 spiro atoms. The van der Waals surface area contributed by atoms with E-state index in [0.717, 1.165) is 15.9 Å². The van der Waals surface area contributed by atoms with Gasteiger partial charge in [0.2, 0.25) is 0 Å². The molecule has 0 aliphatic heterocycles. The standard InChI is InChI=1S/C10H11BrN2S/c1-4-7-5(2)6(3)8-9(11)13-14-10(8)12-7/h4H2,1-3H3. The second-order valence-electron chi connectivity index (χ2n) is 3.32. The topological polar surface area (TPSA) is 25.8 Å². The molecule has 4 heteroatoms. The van der Waals surface area contributed by atoms with Gasteiger partial charge in [0.05, 0.1) is 0 Å². The fraction of sp³-hybridized carbons (Fsp3) is 0.400. The van der Waals surface area contributed by atoms with E-state index in [9.17, 15) is 0 Å². The number of nitrogens with zero attached hydrogens (tertiary/aromatic N) is 2. The Morgan fingerprint density at radius 2 is 2.00 bits per heavy atom. The van der Waals surface area contributed by atoms with Crippen LogP contribution in [0.1, 0.15) is 23.7 Å². The number of hydrogen-bond acceptors (Lipinski definition) is 3. The number of halogens is 1. The van der Waals surface area contributed by atoms with Gasteiger partial charge in [0.25, 0.3) is 0 Å². The molecule has 0 aromatic carbocycles. The van der Waals surface area contributed by atoms with Crippen LogP contribution in [0.4, 0.5) is 0 Å². The van der Waals surface area contributed by atoms with E-state index in [4.69, 9.17) is 0 Å². The molecule has 0 aliphatic rings. The minimum absolute atomic E-state index is 0.924. The van der Waals surface area contributed by atoms with Gasteiger partial charge in [-0.15, -0.1) is 0 Å². The third-order valence-electron chi connectivity index (χ3n) is 2.57. The first-order chi connectivity index (χ1) is 6.65. The van der Waals surface area contributed by atoms with Gasteiger partial charge in [-0.25, -0.2) is 4.98 Å². The van der Waals surface area contributed by atoms with Gasteiger partial charge in [0.1, 0.15) is 9.43 Å². The second kappa shape index (κ2) is 3.59. The molecule has 0 N–H and O–H groups in total. The Morgan fingerprint density at radius 3 is 2.64 bits per heavy atom. The van der Waals surface area contributed by atoms with Gasteiger partial charge < -0.3 is 0 Å². The molecule has 0 aliphatic carbocycles. The van der Waals surface area contributed by atoms with E-state index in [-0.39, 0.29) is 0 Å². The van der Waals surface area contributed by atoms with Crippen LogP contribution in [-0.2, 0) is 6.42 Å². The lowest BCUT2D eigenvalue weighted by atomic mass is 10.1. The monoisotopic (exact) mass is 270 g/mol. The molecular formula is C10H11BrN2S. The van der Waals surface area contributed by atoms with Gasteiger partial charge in [0.15, 0.2) is 0 Å². The fourth-order valence-corrected chi connectivity index (χ4v) is 3.19. The van der Waals surface area contributed by atoms with E-state index >= 15 is 0 Å². The summed E-state index contributed by atoms with van der Waals surface area (Å²) in [5, 5.41) is 1.17. The lowest BCUT2D eigenvalue weighted by Gasteiger charge is -2.06. The van der Waals surface area contributed by atoms with E-state index in [2.05, 4.69) is 46.1 Å². The Labute approximate surface area is 95.7 Å². The molecule has 2 heterocycles. The summed E-state index contributed by atoms with van der Waals surface area (Å²) in [5.74, 6) is 0. The van der Waals surface area contributed by atoms with Gasteiger partial charge in [-0.2, -0.15) is 4.37 Å². The van der Waals surface area contributed by atoms with Crippen LogP contribution >= 0.6 is 27.5 Å². The normalized spacial score (nSPS) is 11.1. The van der Waals surface area contributed by atoms with Crippen molar-refractivity contribution in [1.82, 2.24) is 9.36 Å². The molecule has 2 nitrogen and oxygen atoms in total. The Bertz CT molecular complexity index is 490. The van der Waals surface area contributed by atoms with Crippen LogP contribution in [0.5, 0.6) is 0 Å². The summed E-state index contributed by atoms with van der Waals surface area (Å²) in [6.45, 7) is 6.40. The minimum Gasteiger partial charge on any atom is -0.240 e. The number of pyridine rings is 1. The zero-order chi connectivity index (χ0) is 10.3. The Morgan fingerprint density at radius 1 is 1.29 bits per heavy atom. The summed E-state index contributed by atoms with van der Waals surface area (Å²) < 4.78 is 5.19. The maximum Gasteiger partial charge on any atom is 0.145 e. The van der Waals surface area contributed by atoms with Crippen LogP contribution in [-0.4, -0.2) is 9.36 Å². The maximum atomic E-state index is 4.60. The lowest BCUT2D eigenvalue weighted by molar-refractivity contribution is 1.02. The quantitative estimate of drug-likeness (QED) is 0.791. The molecule has 0 amide bonds. The Kier molecular flexibility index (Phi) is 2.58. The molecule has 14 heavy (non-hydrogen) atoms. The van der Waals surface area contributed by atoms with E-state index in [1.807, 2.05) is 0 Å². The zero-order valence-corrected chi connectivity index (χ0v) is 10.8. The first kappa shape index (κ1) is 10.1. The second-order valence-corrected chi connectivity index (χ2v) is 4.82. The third kappa shape index (κ3) is 1.37. The highest BCUT2D eigenvalue weighted by molar-refractivity contribution is 9.10. The van der Waals surface area contributed by atoms with Crippen LogP contribution in [0.15, 0.2) is 4.60 Å². The van der Waals surface area contributed by atoms with Crippen LogP contribution < -0.4 is 0 Å². The van der Waals surface area contributed by atoms with E-state index < -0.39 is 0 Å². The zero-order valence-electron chi connectivity index (χ0n) is 8.39. The molecule has 0 saturated heterocycles. The Hall–Kier alpha value is -0.480. The summed E-state index contributed by atoms with van der Waals surface area (Å²) in [4.78, 5) is 5.64. The summed E-state index contributed by atoms with van der Waals surface area (Å²) >= 11 is 4.92. The van der Waals surface area contributed by atoms with Crippen molar-refractivity contribution in [2.45, 2.75) is 27.2 Å². The molecular weight excluding hydrogens is 260 g/mol. The fourth-order valence-electron chi connectivity index (χ4n) is 1.61. The molecule has 0 saturated carbocycles. The predicted octanol–water partition coefficient (Wildman–Crippen LogP) is 3.63. The van der Waals surface area contributed by atoms with E-state index in [1.165, 1.54) is 33.7 Å². The van der Waals surface area contributed by atoms with Crippen LogP contribution in [0.25, 0.3) is 10.2 Å². The van der Waals surface area contributed by atoms with Crippen molar-refractivity contribution < 1.29 is 0 Å². The van der Waals surface area contributed by atoms with Gasteiger partial charge in [-0.05, 0) is 58.9 Å². The molecule has 0 unspecified atom stereocenters. The summed E-state index contributed by atoms with van der Waals surface area (Å²) in [7, 11) is 0. The Balaban J connectivity index is 2.87. The first-order valence-corrected chi connectivity index (χ1v) is 6.12. The molecule has 74 valence electrons. The summed E-state index contributed by atoms with van der Waals surface area (Å²) in [5.41, 5.74) is 3.78. The molecule has 2 rings (SSSR count). The number of aryl methyl sites for hydroxylation is 2. The molecule has 0 bridgehead atoms. The first-order valence-electron chi connectivity index (χ1n) is 4.56. The average Bonchev–Trinajstić information content (AvgIpc) is 2.54. The molecule has 2 aromatic rings. The highest BCUT2D eigenvalue weighted by Gasteiger charge is 2.12. The van der Waals surface area contributed by atoms with Gasteiger partial charge in [-0.3, -0.25) is 0 Å². The highest BCUT2D eigenvalue weighted by Crippen LogP contribution is 2.31. The largest absolute Gasteiger partial charge is 0.240 e. The molecule has 0 fully saturated rings. The predicted molar refractivity (Wildman–Crippen MR) is 64.0 cm³/mol. The summed E-state index contributed by atoms with van der Waals surface area (Å²) in [6, 6.07) is 0. The maximum absolute atomic E-state index is 4.60. The number of aromatic nitrogens is 2. The van der Waals surface area contributed by atoms with E-state index in [0.29, 0.717) is 0 Å². The number of fused-ring (bicyclic) bond motifs is 1. The number of rotatable bonds is 1. The molecule has 2 aromatic heterocycles. The lowest BCUT2D eigenvalue weighted by Crippen LogP contribution is -1.95. The number of hydrogen-bond donors (Lipinski definition) is 0. The van der Waals surface area contributed by atoms with Crippen molar-refractivity contribution in [3.63, 3.8) is 0 Å². The van der Waals surface area contributed by atoms with Crippen molar-refractivity contribution in [2.75, 3.05) is 0 Å². The minimum atomic E-state index is 0.924. The smallest absolute Gasteiger partial charge is 0.145 e. The molecule has 0 radical (unpaired) electrons. The van der Waals surface area contributed by atoms with Crippen molar-refractivity contribution in [2.24, 2.45) is 0 Å². The molecule has 0 atom stereocenters. The van der Waals surface area contributed by atoms with Crippen molar-refractivity contribution in [1.29, 1.82) is 0 Å².